The van der Waals surface area contributed by atoms with Gasteiger partial charge in [0, 0.05) is 25.9 Å². The Kier molecular flexibility index (Phi) is 9.85. The SMILES string of the molecule is O=C1CCC=CCC(CC(=O)N(CCO)Cc2ccccc2)C(=O)NC(c2ccccc2)CO1. The van der Waals surface area contributed by atoms with Gasteiger partial charge in [-0.25, -0.2) is 0 Å². The quantitative estimate of drug-likeness (QED) is 0.485. The zero-order chi connectivity index (χ0) is 24.2. The van der Waals surface area contributed by atoms with Crippen molar-refractivity contribution in [3.63, 3.8) is 0 Å². The van der Waals surface area contributed by atoms with Gasteiger partial charge in [-0.05, 0) is 24.0 Å². The Hall–Kier alpha value is -3.45. The van der Waals surface area contributed by atoms with E-state index in [1.807, 2.05) is 72.8 Å². The number of hydrogen-bond donors (Lipinski definition) is 2. The van der Waals surface area contributed by atoms with Crippen LogP contribution in [0, 0.1) is 5.92 Å². The fourth-order valence-electron chi connectivity index (χ4n) is 3.86. The Labute approximate surface area is 200 Å². The molecule has 2 aromatic carbocycles. The van der Waals surface area contributed by atoms with Crippen molar-refractivity contribution < 1.29 is 24.2 Å². The average molecular weight is 465 g/mol. The molecule has 2 amide bonds. The molecule has 0 bridgehead atoms. The lowest BCUT2D eigenvalue weighted by atomic mass is 9.97. The van der Waals surface area contributed by atoms with E-state index in [2.05, 4.69) is 5.32 Å². The van der Waals surface area contributed by atoms with Crippen LogP contribution in [0.4, 0.5) is 0 Å². The number of cyclic esters (lactones) is 1. The Morgan fingerprint density at radius 2 is 1.74 bits per heavy atom. The number of hydrogen-bond acceptors (Lipinski definition) is 5. The van der Waals surface area contributed by atoms with E-state index in [1.165, 1.54) is 0 Å². The molecule has 0 saturated carbocycles. The van der Waals surface area contributed by atoms with Crippen molar-refractivity contribution in [1.82, 2.24) is 10.2 Å². The minimum absolute atomic E-state index is 0.0182. The topological polar surface area (TPSA) is 95.9 Å². The van der Waals surface area contributed by atoms with Crippen LogP contribution in [0.5, 0.6) is 0 Å². The molecule has 1 heterocycles. The smallest absolute Gasteiger partial charge is 0.306 e. The van der Waals surface area contributed by atoms with Crippen molar-refractivity contribution in [3.05, 3.63) is 83.9 Å². The molecule has 2 aromatic rings. The van der Waals surface area contributed by atoms with E-state index in [0.717, 1.165) is 11.1 Å². The molecule has 3 rings (SSSR count). The van der Waals surface area contributed by atoms with Crippen LogP contribution in [0.2, 0.25) is 0 Å². The highest BCUT2D eigenvalue weighted by Gasteiger charge is 2.27. The minimum atomic E-state index is -0.581. The first-order valence-electron chi connectivity index (χ1n) is 11.7. The standard InChI is InChI=1S/C27H32N2O5/c30-17-16-29(19-21-10-4-1-5-11-21)25(31)18-23-14-8-3-9-15-26(32)34-20-24(28-27(23)33)22-12-6-2-7-13-22/h1-8,10-13,23-24,30H,9,14-20H2,(H,28,33). The Bertz CT molecular complexity index is 962. The van der Waals surface area contributed by atoms with E-state index in [4.69, 9.17) is 4.74 Å². The molecule has 0 fully saturated rings. The molecule has 7 nitrogen and oxygen atoms in total. The summed E-state index contributed by atoms with van der Waals surface area (Å²) in [7, 11) is 0. The summed E-state index contributed by atoms with van der Waals surface area (Å²) >= 11 is 0. The lowest BCUT2D eigenvalue weighted by Gasteiger charge is -2.26. The fraction of sp³-hybridized carbons (Fsp3) is 0.370. The predicted molar refractivity (Wildman–Crippen MR) is 128 cm³/mol. The number of carbonyl (C=O) groups excluding carboxylic acids is 3. The van der Waals surface area contributed by atoms with Crippen LogP contribution in [0.3, 0.4) is 0 Å². The first-order chi connectivity index (χ1) is 16.6. The van der Waals surface area contributed by atoms with Gasteiger partial charge in [0.2, 0.25) is 11.8 Å². The van der Waals surface area contributed by atoms with E-state index in [-0.39, 0.29) is 50.4 Å². The number of rotatable bonds is 7. The summed E-state index contributed by atoms with van der Waals surface area (Å²) in [6.07, 6.45) is 4.87. The number of amides is 2. The van der Waals surface area contributed by atoms with Crippen LogP contribution in [0.25, 0.3) is 0 Å². The molecule has 0 saturated heterocycles. The normalized spacial score (nSPS) is 19.3. The van der Waals surface area contributed by atoms with Crippen molar-refractivity contribution in [3.8, 4) is 0 Å². The van der Waals surface area contributed by atoms with Crippen LogP contribution in [0.15, 0.2) is 72.8 Å². The van der Waals surface area contributed by atoms with Gasteiger partial charge in [-0.1, -0.05) is 72.8 Å². The molecular formula is C27H32N2O5. The second-order valence-corrected chi connectivity index (χ2v) is 8.33. The molecular weight excluding hydrogens is 432 g/mol. The summed E-state index contributed by atoms with van der Waals surface area (Å²) in [5.74, 6) is -1.36. The molecule has 0 radical (unpaired) electrons. The second-order valence-electron chi connectivity index (χ2n) is 8.33. The zero-order valence-corrected chi connectivity index (χ0v) is 19.3. The van der Waals surface area contributed by atoms with E-state index >= 15 is 0 Å². The summed E-state index contributed by atoms with van der Waals surface area (Å²) in [5.41, 5.74) is 1.78. The summed E-state index contributed by atoms with van der Waals surface area (Å²) in [4.78, 5) is 40.0. The van der Waals surface area contributed by atoms with Crippen molar-refractivity contribution in [1.29, 1.82) is 0 Å². The molecule has 7 heteroatoms. The molecule has 1 aliphatic rings. The van der Waals surface area contributed by atoms with Gasteiger partial charge in [0.15, 0.2) is 0 Å². The van der Waals surface area contributed by atoms with Crippen LogP contribution in [-0.4, -0.2) is 47.5 Å². The Balaban J connectivity index is 1.76. The lowest BCUT2D eigenvalue weighted by Crippen LogP contribution is -2.40. The first kappa shape index (κ1) is 25.2. The number of nitrogens with zero attached hydrogens (tertiary/aromatic N) is 1. The van der Waals surface area contributed by atoms with Gasteiger partial charge >= 0.3 is 5.97 Å². The number of aliphatic hydroxyl groups excluding tert-OH is 1. The second kappa shape index (κ2) is 13.3. The molecule has 0 aromatic heterocycles. The number of allylic oxidation sites excluding steroid dienone is 2. The zero-order valence-electron chi connectivity index (χ0n) is 19.3. The largest absolute Gasteiger partial charge is 0.463 e. The summed E-state index contributed by atoms with van der Waals surface area (Å²) in [6.45, 7) is 0.438. The molecule has 1 aliphatic heterocycles. The number of nitrogens with one attached hydrogen (secondary N) is 1. The van der Waals surface area contributed by atoms with Crippen molar-refractivity contribution in [2.45, 2.75) is 38.3 Å². The highest BCUT2D eigenvalue weighted by atomic mass is 16.5. The van der Waals surface area contributed by atoms with Crippen molar-refractivity contribution in [2.75, 3.05) is 19.8 Å². The third kappa shape index (κ3) is 7.85. The number of esters is 1. The molecule has 34 heavy (non-hydrogen) atoms. The third-order valence-electron chi connectivity index (χ3n) is 5.76. The number of ether oxygens (including phenoxy) is 1. The average Bonchev–Trinajstić information content (AvgIpc) is 2.85. The van der Waals surface area contributed by atoms with Crippen LogP contribution in [-0.2, 0) is 25.7 Å². The van der Waals surface area contributed by atoms with E-state index in [9.17, 15) is 19.5 Å². The van der Waals surface area contributed by atoms with Gasteiger partial charge in [0.05, 0.1) is 18.6 Å². The maximum Gasteiger partial charge on any atom is 0.306 e. The predicted octanol–water partition coefficient (Wildman–Crippen LogP) is 3.15. The Morgan fingerprint density at radius 1 is 1.03 bits per heavy atom. The van der Waals surface area contributed by atoms with Gasteiger partial charge in [-0.15, -0.1) is 0 Å². The van der Waals surface area contributed by atoms with Crippen LogP contribution in [0.1, 0.15) is 42.9 Å². The van der Waals surface area contributed by atoms with E-state index < -0.39 is 12.0 Å². The molecule has 2 N–H and O–H groups in total. The highest BCUT2D eigenvalue weighted by Crippen LogP contribution is 2.20. The molecule has 180 valence electrons. The number of carbonyl (C=O) groups is 3. The van der Waals surface area contributed by atoms with E-state index in [0.29, 0.717) is 19.4 Å². The van der Waals surface area contributed by atoms with E-state index in [1.54, 1.807) is 4.90 Å². The van der Waals surface area contributed by atoms with Crippen LogP contribution < -0.4 is 5.32 Å². The maximum absolute atomic E-state index is 13.3. The summed E-state index contributed by atoms with van der Waals surface area (Å²) < 4.78 is 5.39. The highest BCUT2D eigenvalue weighted by molar-refractivity contribution is 5.86. The van der Waals surface area contributed by atoms with Gasteiger partial charge in [-0.2, -0.15) is 0 Å². The van der Waals surface area contributed by atoms with Crippen LogP contribution >= 0.6 is 0 Å². The maximum atomic E-state index is 13.3. The lowest BCUT2D eigenvalue weighted by molar-refractivity contribution is -0.145. The minimum Gasteiger partial charge on any atom is -0.463 e. The Morgan fingerprint density at radius 3 is 2.44 bits per heavy atom. The van der Waals surface area contributed by atoms with Crippen molar-refractivity contribution in [2.24, 2.45) is 5.92 Å². The fourth-order valence-corrected chi connectivity index (χ4v) is 3.86. The van der Waals surface area contributed by atoms with Gasteiger partial charge in [-0.3, -0.25) is 14.4 Å². The first-order valence-corrected chi connectivity index (χ1v) is 11.7. The number of benzene rings is 2. The molecule has 0 aliphatic carbocycles. The molecule has 2 unspecified atom stereocenters. The third-order valence-corrected chi connectivity index (χ3v) is 5.76. The van der Waals surface area contributed by atoms with Gasteiger partial charge in [0.1, 0.15) is 6.61 Å². The number of aliphatic hydroxyl groups is 1. The summed E-state index contributed by atoms with van der Waals surface area (Å²) in [5, 5.41) is 12.5. The summed E-state index contributed by atoms with van der Waals surface area (Å²) in [6, 6.07) is 18.4. The molecule has 0 spiro atoms. The van der Waals surface area contributed by atoms with Gasteiger partial charge < -0.3 is 20.1 Å². The van der Waals surface area contributed by atoms with Gasteiger partial charge in [0.25, 0.3) is 0 Å². The molecule has 2 atom stereocenters. The van der Waals surface area contributed by atoms with Crippen molar-refractivity contribution >= 4 is 17.8 Å². The monoisotopic (exact) mass is 464 g/mol.